The Kier molecular flexibility index (Phi) is 5.18. The van der Waals surface area contributed by atoms with Crippen LogP contribution in [0.25, 0.3) is 0 Å². The molecule has 134 valence electrons. The molecular formula is C17H24N6O2. The number of amides is 2. The zero-order chi connectivity index (χ0) is 17.8. The summed E-state index contributed by atoms with van der Waals surface area (Å²) in [6.07, 6.45) is 6.21. The van der Waals surface area contributed by atoms with Gasteiger partial charge in [0, 0.05) is 37.4 Å². The Morgan fingerprint density at radius 2 is 2.36 bits per heavy atom. The van der Waals surface area contributed by atoms with Crippen LogP contribution in [-0.2, 0) is 4.79 Å². The molecule has 4 N–H and O–H groups in total. The summed E-state index contributed by atoms with van der Waals surface area (Å²) in [6.45, 7) is 7.37. The lowest BCUT2D eigenvalue weighted by atomic mass is 10.0. The first kappa shape index (κ1) is 17.2. The highest BCUT2D eigenvalue weighted by Crippen LogP contribution is 2.30. The lowest BCUT2D eigenvalue weighted by Gasteiger charge is -2.34. The molecule has 0 aliphatic carbocycles. The normalized spacial score (nSPS) is 22.0. The largest absolute Gasteiger partial charge is 0.352 e. The molecule has 8 heteroatoms. The van der Waals surface area contributed by atoms with E-state index < -0.39 is 0 Å². The molecule has 2 aliphatic heterocycles. The van der Waals surface area contributed by atoms with Gasteiger partial charge in [0.2, 0.25) is 5.91 Å². The van der Waals surface area contributed by atoms with Crippen molar-refractivity contribution in [2.75, 3.05) is 25.0 Å². The fourth-order valence-corrected chi connectivity index (χ4v) is 3.32. The van der Waals surface area contributed by atoms with Crippen LogP contribution in [0.15, 0.2) is 23.8 Å². The number of aliphatic imine (C=N–C) groups is 1. The molecule has 2 unspecified atom stereocenters. The van der Waals surface area contributed by atoms with E-state index in [0.717, 1.165) is 30.8 Å². The number of aromatic nitrogens is 1. The molecule has 1 aromatic heterocycles. The third-order valence-electron chi connectivity index (χ3n) is 4.51. The summed E-state index contributed by atoms with van der Waals surface area (Å²) < 4.78 is 0. The van der Waals surface area contributed by atoms with E-state index in [0.29, 0.717) is 18.7 Å². The molecular weight excluding hydrogens is 320 g/mol. The number of piperidine rings is 1. The standard InChI is InChI=1S/C17H24N6O2/c1-3-13(24)23-7-5-6-11(9-23)22-16-14-12(17(25)18-4-2)8-19-15(14)20-10-21-16/h3,8,10-11,16,19,22H,1,4-7,9H2,2H3,(H,18,25)(H,20,21). The van der Waals surface area contributed by atoms with Crippen LogP contribution in [0.5, 0.6) is 0 Å². The molecule has 2 atom stereocenters. The second-order valence-corrected chi connectivity index (χ2v) is 6.17. The molecule has 1 fully saturated rings. The summed E-state index contributed by atoms with van der Waals surface area (Å²) in [4.78, 5) is 33.5. The molecule has 1 saturated heterocycles. The number of likely N-dealkylation sites (tertiary alicyclic amines) is 1. The summed E-state index contributed by atoms with van der Waals surface area (Å²) >= 11 is 0. The third-order valence-corrected chi connectivity index (χ3v) is 4.51. The molecule has 0 spiro atoms. The zero-order valence-corrected chi connectivity index (χ0v) is 14.3. The quantitative estimate of drug-likeness (QED) is 0.598. The predicted octanol–water partition coefficient (Wildman–Crippen LogP) is 0.983. The second kappa shape index (κ2) is 7.52. The molecule has 25 heavy (non-hydrogen) atoms. The van der Waals surface area contributed by atoms with Crippen molar-refractivity contribution in [2.45, 2.75) is 32.0 Å². The average molecular weight is 344 g/mol. The number of carbonyl (C=O) groups excluding carboxylic acids is 2. The number of nitrogens with zero attached hydrogens (tertiary/aromatic N) is 2. The van der Waals surface area contributed by atoms with Gasteiger partial charge in [-0.1, -0.05) is 6.58 Å². The minimum absolute atomic E-state index is 0.0503. The number of hydrogen-bond donors (Lipinski definition) is 4. The summed E-state index contributed by atoms with van der Waals surface area (Å²) in [7, 11) is 0. The van der Waals surface area contributed by atoms with Gasteiger partial charge in [-0.3, -0.25) is 19.9 Å². The van der Waals surface area contributed by atoms with Crippen LogP contribution in [0, 0.1) is 0 Å². The Hall–Kier alpha value is -2.61. The van der Waals surface area contributed by atoms with Gasteiger partial charge in [-0.2, -0.15) is 0 Å². The van der Waals surface area contributed by atoms with E-state index in [1.807, 2.05) is 6.92 Å². The summed E-state index contributed by atoms with van der Waals surface area (Å²) in [5.41, 5.74) is 1.38. The van der Waals surface area contributed by atoms with Gasteiger partial charge >= 0.3 is 0 Å². The van der Waals surface area contributed by atoms with E-state index in [1.54, 1.807) is 17.4 Å². The number of carbonyl (C=O) groups is 2. The van der Waals surface area contributed by atoms with Crippen LogP contribution in [0.3, 0.4) is 0 Å². The number of anilines is 1. The lowest BCUT2D eigenvalue weighted by Crippen LogP contribution is -2.48. The van der Waals surface area contributed by atoms with Crippen LogP contribution >= 0.6 is 0 Å². The first-order valence-corrected chi connectivity index (χ1v) is 8.59. The van der Waals surface area contributed by atoms with Crippen molar-refractivity contribution in [1.82, 2.24) is 20.5 Å². The van der Waals surface area contributed by atoms with Gasteiger partial charge in [-0.25, -0.2) is 0 Å². The number of fused-ring (bicyclic) bond motifs is 1. The Balaban J connectivity index is 1.76. The molecule has 3 rings (SSSR count). The first-order chi connectivity index (χ1) is 12.1. The molecule has 0 radical (unpaired) electrons. The van der Waals surface area contributed by atoms with E-state index in [-0.39, 0.29) is 24.0 Å². The smallest absolute Gasteiger partial charge is 0.253 e. The van der Waals surface area contributed by atoms with E-state index in [1.165, 1.54) is 6.08 Å². The molecule has 2 aliphatic rings. The maximum atomic E-state index is 12.3. The van der Waals surface area contributed by atoms with Crippen molar-refractivity contribution in [3.63, 3.8) is 0 Å². The topological polar surface area (TPSA) is 102 Å². The number of aromatic amines is 1. The maximum Gasteiger partial charge on any atom is 0.253 e. The molecule has 3 heterocycles. The van der Waals surface area contributed by atoms with Crippen LogP contribution < -0.4 is 16.0 Å². The fourth-order valence-electron chi connectivity index (χ4n) is 3.32. The van der Waals surface area contributed by atoms with Gasteiger partial charge in [0.05, 0.1) is 11.9 Å². The monoisotopic (exact) mass is 344 g/mol. The number of nitrogens with one attached hydrogen (secondary N) is 4. The molecule has 2 amide bonds. The molecule has 0 bridgehead atoms. The molecule has 0 saturated carbocycles. The highest BCUT2D eigenvalue weighted by molar-refractivity contribution is 5.98. The van der Waals surface area contributed by atoms with Crippen LogP contribution in [0.4, 0.5) is 5.82 Å². The van der Waals surface area contributed by atoms with Crippen molar-refractivity contribution in [1.29, 1.82) is 0 Å². The summed E-state index contributed by atoms with van der Waals surface area (Å²) in [6, 6.07) is 0.114. The Morgan fingerprint density at radius 3 is 3.12 bits per heavy atom. The van der Waals surface area contributed by atoms with E-state index in [4.69, 9.17) is 0 Å². The Morgan fingerprint density at radius 1 is 1.52 bits per heavy atom. The van der Waals surface area contributed by atoms with Gasteiger partial charge in [-0.15, -0.1) is 0 Å². The zero-order valence-electron chi connectivity index (χ0n) is 14.3. The predicted molar refractivity (Wildman–Crippen MR) is 96.6 cm³/mol. The van der Waals surface area contributed by atoms with Crippen molar-refractivity contribution in [2.24, 2.45) is 4.99 Å². The van der Waals surface area contributed by atoms with Crippen LogP contribution in [-0.4, -0.2) is 53.7 Å². The minimum Gasteiger partial charge on any atom is -0.352 e. The van der Waals surface area contributed by atoms with E-state index in [2.05, 4.69) is 32.5 Å². The lowest BCUT2D eigenvalue weighted by molar-refractivity contribution is -0.127. The van der Waals surface area contributed by atoms with Gasteiger partial charge in [-0.05, 0) is 25.8 Å². The van der Waals surface area contributed by atoms with E-state index in [9.17, 15) is 9.59 Å². The van der Waals surface area contributed by atoms with E-state index >= 15 is 0 Å². The molecule has 0 aromatic carbocycles. The van der Waals surface area contributed by atoms with Crippen molar-refractivity contribution >= 4 is 24.0 Å². The Labute approximate surface area is 146 Å². The second-order valence-electron chi connectivity index (χ2n) is 6.17. The van der Waals surface area contributed by atoms with Crippen LogP contribution in [0.2, 0.25) is 0 Å². The van der Waals surface area contributed by atoms with Crippen molar-refractivity contribution in [3.05, 3.63) is 30.0 Å². The maximum absolute atomic E-state index is 12.3. The fraction of sp³-hybridized carbons (Fsp3) is 0.471. The highest BCUT2D eigenvalue weighted by Gasteiger charge is 2.30. The third kappa shape index (κ3) is 3.58. The summed E-state index contributed by atoms with van der Waals surface area (Å²) in [5.74, 6) is 0.590. The highest BCUT2D eigenvalue weighted by atomic mass is 16.2. The summed E-state index contributed by atoms with van der Waals surface area (Å²) in [5, 5.41) is 9.34. The number of hydrogen-bond acceptors (Lipinski definition) is 5. The van der Waals surface area contributed by atoms with Gasteiger partial charge in [0.1, 0.15) is 12.0 Å². The first-order valence-electron chi connectivity index (χ1n) is 8.59. The van der Waals surface area contributed by atoms with Crippen molar-refractivity contribution < 1.29 is 9.59 Å². The number of H-pyrrole nitrogens is 1. The van der Waals surface area contributed by atoms with Gasteiger partial charge in [0.15, 0.2) is 0 Å². The van der Waals surface area contributed by atoms with Crippen LogP contribution in [0.1, 0.15) is 41.9 Å². The average Bonchev–Trinajstić information content (AvgIpc) is 3.07. The minimum atomic E-state index is -0.330. The molecule has 1 aromatic rings. The van der Waals surface area contributed by atoms with Gasteiger partial charge < -0.3 is 20.5 Å². The molecule has 8 nitrogen and oxygen atoms in total. The van der Waals surface area contributed by atoms with Crippen molar-refractivity contribution in [3.8, 4) is 0 Å². The van der Waals surface area contributed by atoms with Gasteiger partial charge in [0.25, 0.3) is 5.91 Å². The SMILES string of the molecule is C=CC(=O)N1CCCC(NC2N=CNc3[nH]cc(C(=O)NCC)c32)C1. The Bertz CT molecular complexity index is 695. The number of rotatable bonds is 5.